The van der Waals surface area contributed by atoms with Gasteiger partial charge in [-0.3, -0.25) is 14.9 Å². The zero-order valence-corrected chi connectivity index (χ0v) is 12.4. The predicted molar refractivity (Wildman–Crippen MR) is 75.0 cm³/mol. The molecule has 9 heteroatoms. The van der Waals surface area contributed by atoms with Crippen molar-refractivity contribution in [3.63, 3.8) is 0 Å². The first-order chi connectivity index (χ1) is 9.90. The van der Waals surface area contributed by atoms with Crippen LogP contribution in [-0.4, -0.2) is 41.8 Å². The van der Waals surface area contributed by atoms with Crippen molar-refractivity contribution in [3.8, 4) is 0 Å². The Morgan fingerprint density at radius 3 is 2.95 bits per heavy atom. The van der Waals surface area contributed by atoms with Crippen LogP contribution in [0.2, 0.25) is 0 Å². The summed E-state index contributed by atoms with van der Waals surface area (Å²) < 4.78 is 18.9. The van der Waals surface area contributed by atoms with Crippen LogP contribution in [0.25, 0.3) is 0 Å². The summed E-state index contributed by atoms with van der Waals surface area (Å²) in [6, 6.07) is 1.55. The molecule has 1 N–H and O–H groups in total. The highest BCUT2D eigenvalue weighted by Gasteiger charge is 2.31. The van der Waals surface area contributed by atoms with Gasteiger partial charge in [0, 0.05) is 18.7 Å². The molecule has 0 radical (unpaired) electrons. The fourth-order valence-electron chi connectivity index (χ4n) is 2.24. The van der Waals surface area contributed by atoms with Gasteiger partial charge >= 0.3 is 5.97 Å². The third-order valence-corrected chi connectivity index (χ3v) is 3.77. The van der Waals surface area contributed by atoms with Gasteiger partial charge in [-0.1, -0.05) is 0 Å². The summed E-state index contributed by atoms with van der Waals surface area (Å²) in [7, 11) is 0. The van der Waals surface area contributed by atoms with E-state index in [1.165, 1.54) is 4.90 Å². The van der Waals surface area contributed by atoms with E-state index < -0.39 is 22.8 Å². The summed E-state index contributed by atoms with van der Waals surface area (Å²) in [5.41, 5.74) is -0.212. The van der Waals surface area contributed by atoms with Crippen LogP contribution in [0.3, 0.4) is 0 Å². The molecule has 0 aliphatic carbocycles. The Hall–Kier alpha value is -1.74. The van der Waals surface area contributed by atoms with Crippen LogP contribution in [-0.2, 0) is 9.53 Å². The number of anilines is 1. The minimum atomic E-state index is -1.05. The highest BCUT2D eigenvalue weighted by molar-refractivity contribution is 9.10. The van der Waals surface area contributed by atoms with Crippen LogP contribution >= 0.6 is 15.9 Å². The van der Waals surface area contributed by atoms with Crippen LogP contribution in [0, 0.1) is 15.9 Å². The third kappa shape index (κ3) is 3.48. The van der Waals surface area contributed by atoms with Crippen molar-refractivity contribution in [2.24, 2.45) is 0 Å². The highest BCUT2D eigenvalue weighted by atomic mass is 79.9. The van der Waals surface area contributed by atoms with E-state index in [0.29, 0.717) is 6.61 Å². The van der Waals surface area contributed by atoms with Gasteiger partial charge in [0.25, 0.3) is 5.69 Å². The Balaban J connectivity index is 2.44. The molecule has 1 aliphatic rings. The second-order valence-corrected chi connectivity index (χ2v) is 5.39. The molecule has 1 atom stereocenters. The monoisotopic (exact) mass is 362 g/mol. The number of nitro groups is 1. The first-order valence-electron chi connectivity index (χ1n) is 6.09. The van der Waals surface area contributed by atoms with Crippen LogP contribution in [0.4, 0.5) is 15.8 Å². The van der Waals surface area contributed by atoms with Crippen LogP contribution in [0.5, 0.6) is 0 Å². The first-order valence-corrected chi connectivity index (χ1v) is 6.89. The number of carboxylic acids is 1. The highest BCUT2D eigenvalue weighted by Crippen LogP contribution is 2.35. The Bertz CT molecular complexity index is 583. The SMILES string of the molecule is O=C(O)CC1COCCN1c1cc(F)c(Br)cc1[N+](=O)[O-]. The molecule has 0 aromatic heterocycles. The molecule has 2 rings (SSSR count). The molecule has 114 valence electrons. The van der Waals surface area contributed by atoms with Gasteiger partial charge in [-0.15, -0.1) is 0 Å². The maximum atomic E-state index is 13.7. The lowest BCUT2D eigenvalue weighted by Gasteiger charge is -2.36. The Labute approximate surface area is 127 Å². The minimum absolute atomic E-state index is 0.0130. The van der Waals surface area contributed by atoms with Crippen molar-refractivity contribution in [1.82, 2.24) is 0 Å². The molecule has 0 saturated carbocycles. The van der Waals surface area contributed by atoms with E-state index in [9.17, 15) is 19.3 Å². The zero-order valence-electron chi connectivity index (χ0n) is 10.8. The predicted octanol–water partition coefficient (Wildman–Crippen LogP) is 2.18. The van der Waals surface area contributed by atoms with Crippen LogP contribution in [0.1, 0.15) is 6.42 Å². The Morgan fingerprint density at radius 2 is 2.33 bits per heavy atom. The number of hydrogen-bond donors (Lipinski definition) is 1. The fraction of sp³-hybridized carbons (Fsp3) is 0.417. The number of rotatable bonds is 4. The van der Waals surface area contributed by atoms with E-state index in [1.54, 1.807) is 0 Å². The summed E-state index contributed by atoms with van der Waals surface area (Å²) in [4.78, 5) is 22.9. The number of ether oxygens (including phenoxy) is 1. The van der Waals surface area contributed by atoms with Gasteiger partial charge in [-0.05, 0) is 15.9 Å². The molecule has 0 amide bonds. The molecule has 1 aliphatic heterocycles. The molecule has 1 aromatic carbocycles. The molecule has 0 bridgehead atoms. The minimum Gasteiger partial charge on any atom is -0.481 e. The second-order valence-electron chi connectivity index (χ2n) is 4.53. The fourth-order valence-corrected chi connectivity index (χ4v) is 2.58. The lowest BCUT2D eigenvalue weighted by Crippen LogP contribution is -2.47. The smallest absolute Gasteiger partial charge is 0.305 e. The second kappa shape index (κ2) is 6.35. The number of carboxylic acid groups (broad SMARTS) is 1. The molecule has 0 spiro atoms. The number of aliphatic carboxylic acids is 1. The van der Waals surface area contributed by atoms with Crippen LogP contribution < -0.4 is 4.90 Å². The van der Waals surface area contributed by atoms with E-state index >= 15 is 0 Å². The molecule has 7 nitrogen and oxygen atoms in total. The van der Waals surface area contributed by atoms with Gasteiger partial charge in [0.2, 0.25) is 0 Å². The molecule has 1 fully saturated rings. The maximum absolute atomic E-state index is 13.7. The van der Waals surface area contributed by atoms with Gasteiger partial charge in [0.05, 0.1) is 35.1 Å². The third-order valence-electron chi connectivity index (χ3n) is 3.16. The number of hydrogen-bond acceptors (Lipinski definition) is 5. The van der Waals surface area contributed by atoms with Crippen LogP contribution in [0.15, 0.2) is 16.6 Å². The Morgan fingerprint density at radius 1 is 1.62 bits per heavy atom. The molecule has 1 heterocycles. The summed E-state index contributed by atoms with van der Waals surface area (Å²) in [6.45, 7) is 0.686. The summed E-state index contributed by atoms with van der Waals surface area (Å²) in [5.74, 6) is -1.69. The van der Waals surface area contributed by atoms with Gasteiger partial charge in [-0.2, -0.15) is 0 Å². The average molecular weight is 363 g/mol. The van der Waals surface area contributed by atoms with Crippen molar-refractivity contribution in [2.45, 2.75) is 12.5 Å². The molecular weight excluding hydrogens is 351 g/mol. The van der Waals surface area contributed by atoms with Crippen molar-refractivity contribution < 1.29 is 24.0 Å². The van der Waals surface area contributed by atoms with Gasteiger partial charge < -0.3 is 14.7 Å². The maximum Gasteiger partial charge on any atom is 0.305 e. The van der Waals surface area contributed by atoms with E-state index in [1.807, 2.05) is 0 Å². The normalized spacial score (nSPS) is 18.6. The van der Waals surface area contributed by atoms with E-state index in [2.05, 4.69) is 15.9 Å². The van der Waals surface area contributed by atoms with Gasteiger partial charge in [-0.25, -0.2) is 4.39 Å². The number of nitrogens with zero attached hydrogens (tertiary/aromatic N) is 2. The van der Waals surface area contributed by atoms with Gasteiger partial charge in [0.1, 0.15) is 11.5 Å². The van der Waals surface area contributed by atoms with Crippen molar-refractivity contribution >= 4 is 33.3 Å². The quantitative estimate of drug-likeness (QED) is 0.651. The number of carbonyl (C=O) groups is 1. The molecule has 1 saturated heterocycles. The standard InChI is InChI=1S/C12H12BrFN2O5/c13-8-4-11(16(19)20)10(5-9(8)14)15-1-2-21-6-7(15)3-12(17)18/h4-5,7H,1-3,6H2,(H,17,18). The first kappa shape index (κ1) is 15.6. The summed E-state index contributed by atoms with van der Waals surface area (Å²) in [5, 5.41) is 20.1. The molecular formula is C12H12BrFN2O5. The molecule has 1 unspecified atom stereocenters. The Kier molecular flexibility index (Phi) is 4.73. The number of nitro benzene ring substituents is 1. The van der Waals surface area contributed by atoms with E-state index in [4.69, 9.17) is 9.84 Å². The van der Waals surface area contributed by atoms with Crippen molar-refractivity contribution in [3.05, 3.63) is 32.5 Å². The zero-order chi connectivity index (χ0) is 15.6. The number of morpholine rings is 1. The molecule has 21 heavy (non-hydrogen) atoms. The summed E-state index contributed by atoms with van der Waals surface area (Å²) in [6.07, 6.45) is -0.241. The lowest BCUT2D eigenvalue weighted by atomic mass is 10.1. The van der Waals surface area contributed by atoms with E-state index in [-0.39, 0.29) is 35.4 Å². The largest absolute Gasteiger partial charge is 0.481 e. The van der Waals surface area contributed by atoms with E-state index in [0.717, 1.165) is 12.1 Å². The lowest BCUT2D eigenvalue weighted by molar-refractivity contribution is -0.384. The number of halogens is 2. The van der Waals surface area contributed by atoms with Gasteiger partial charge in [0.15, 0.2) is 0 Å². The average Bonchev–Trinajstić information content (AvgIpc) is 2.41. The summed E-state index contributed by atoms with van der Waals surface area (Å²) >= 11 is 2.91. The topological polar surface area (TPSA) is 92.9 Å². The van der Waals surface area contributed by atoms with Crippen molar-refractivity contribution in [1.29, 1.82) is 0 Å². The number of benzene rings is 1. The molecule has 1 aromatic rings. The van der Waals surface area contributed by atoms with Crippen molar-refractivity contribution in [2.75, 3.05) is 24.7 Å².